The average Bonchev–Trinajstić information content (AvgIpc) is 2.93. The molecule has 2 rings (SSSR count). The molecule has 0 aromatic carbocycles. The first kappa shape index (κ1) is 14.6. The zero-order chi connectivity index (χ0) is 14.2. The minimum Gasteiger partial charge on any atom is -0.472 e. The van der Waals surface area contributed by atoms with Crippen LogP contribution in [0.5, 0.6) is 5.88 Å². The van der Waals surface area contributed by atoms with Crippen LogP contribution in [0.15, 0.2) is 29.4 Å². The first-order valence-electron chi connectivity index (χ1n) is 7.05. The molecule has 1 fully saturated rings. The number of aliphatic hydroxyl groups excluding tert-OH is 1. The Morgan fingerprint density at radius 2 is 2.50 bits per heavy atom. The summed E-state index contributed by atoms with van der Waals surface area (Å²) >= 11 is 0. The Morgan fingerprint density at radius 1 is 1.60 bits per heavy atom. The van der Waals surface area contributed by atoms with E-state index in [-0.39, 0.29) is 12.7 Å². The van der Waals surface area contributed by atoms with Gasteiger partial charge in [0, 0.05) is 31.8 Å². The molecule has 1 aliphatic heterocycles. The fourth-order valence-corrected chi connectivity index (χ4v) is 2.19. The quantitative estimate of drug-likeness (QED) is 0.606. The molecule has 0 aliphatic carbocycles. The van der Waals surface area contributed by atoms with E-state index in [2.05, 4.69) is 20.2 Å². The van der Waals surface area contributed by atoms with Gasteiger partial charge in [-0.05, 0) is 13.0 Å². The lowest BCUT2D eigenvalue weighted by Crippen LogP contribution is -2.41. The number of aliphatic hydroxyl groups is 1. The second-order valence-electron chi connectivity index (χ2n) is 4.60. The normalized spacial score (nSPS) is 19.2. The van der Waals surface area contributed by atoms with E-state index in [9.17, 15) is 0 Å². The number of hydrogen-bond acceptors (Lipinski definition) is 4. The number of rotatable bonds is 5. The lowest BCUT2D eigenvalue weighted by molar-refractivity contribution is 0.205. The lowest BCUT2D eigenvalue weighted by atomic mass is 10.3. The molecule has 0 saturated carbocycles. The van der Waals surface area contributed by atoms with Gasteiger partial charge in [-0.15, -0.1) is 0 Å². The van der Waals surface area contributed by atoms with Gasteiger partial charge in [-0.1, -0.05) is 6.07 Å². The number of hydrogen-bond donors (Lipinski definition) is 2. The summed E-state index contributed by atoms with van der Waals surface area (Å²) in [7, 11) is 0. The highest BCUT2D eigenvalue weighted by Gasteiger charge is 2.26. The average molecular weight is 278 g/mol. The molecule has 2 heterocycles. The number of aliphatic imine (C=N–C) groups is 1. The predicted octanol–water partition coefficient (Wildman–Crippen LogP) is 0.492. The van der Waals surface area contributed by atoms with Gasteiger partial charge in [0.2, 0.25) is 5.88 Å². The summed E-state index contributed by atoms with van der Waals surface area (Å²) in [6.07, 6.45) is 2.80. The van der Waals surface area contributed by atoms with Gasteiger partial charge < -0.3 is 20.1 Å². The Hall–Kier alpha value is -1.82. The van der Waals surface area contributed by atoms with E-state index >= 15 is 0 Å². The fourth-order valence-electron chi connectivity index (χ4n) is 2.19. The van der Waals surface area contributed by atoms with Gasteiger partial charge in [-0.25, -0.2) is 4.98 Å². The highest BCUT2D eigenvalue weighted by atomic mass is 16.5. The van der Waals surface area contributed by atoms with Crippen LogP contribution >= 0.6 is 0 Å². The van der Waals surface area contributed by atoms with Crippen LogP contribution in [0, 0.1) is 0 Å². The molecule has 0 radical (unpaired) electrons. The van der Waals surface area contributed by atoms with Gasteiger partial charge >= 0.3 is 0 Å². The van der Waals surface area contributed by atoms with Crippen molar-refractivity contribution in [2.45, 2.75) is 19.4 Å². The van der Waals surface area contributed by atoms with Crippen molar-refractivity contribution in [3.8, 4) is 5.88 Å². The maximum Gasteiger partial charge on any atom is 0.213 e. The molecule has 0 bridgehead atoms. The van der Waals surface area contributed by atoms with Gasteiger partial charge in [0.1, 0.15) is 6.10 Å². The summed E-state index contributed by atoms with van der Waals surface area (Å²) in [5, 5.41) is 12.1. The molecule has 1 unspecified atom stereocenters. The van der Waals surface area contributed by atoms with Crippen LogP contribution in [0.2, 0.25) is 0 Å². The van der Waals surface area contributed by atoms with Crippen molar-refractivity contribution in [1.29, 1.82) is 0 Å². The summed E-state index contributed by atoms with van der Waals surface area (Å²) < 4.78 is 5.85. The Balaban J connectivity index is 1.90. The molecule has 20 heavy (non-hydrogen) atoms. The molecule has 0 amide bonds. The molecule has 1 aromatic heterocycles. The number of nitrogens with zero attached hydrogens (tertiary/aromatic N) is 3. The summed E-state index contributed by atoms with van der Waals surface area (Å²) in [6, 6.07) is 5.66. The molecule has 110 valence electrons. The minimum absolute atomic E-state index is 0.0661. The second kappa shape index (κ2) is 7.69. The number of pyridine rings is 1. The van der Waals surface area contributed by atoms with Crippen molar-refractivity contribution >= 4 is 5.96 Å². The van der Waals surface area contributed by atoms with Gasteiger partial charge in [0.15, 0.2) is 5.96 Å². The zero-order valence-corrected chi connectivity index (χ0v) is 11.8. The molecule has 6 nitrogen and oxygen atoms in total. The molecule has 1 saturated heterocycles. The van der Waals surface area contributed by atoms with Crippen LogP contribution in [0.1, 0.15) is 13.3 Å². The monoisotopic (exact) mass is 278 g/mol. The van der Waals surface area contributed by atoms with Crippen LogP contribution in [-0.2, 0) is 0 Å². The fraction of sp³-hybridized carbons (Fsp3) is 0.571. The van der Waals surface area contributed by atoms with E-state index in [1.807, 2.05) is 25.1 Å². The van der Waals surface area contributed by atoms with E-state index in [1.165, 1.54) is 0 Å². The van der Waals surface area contributed by atoms with Crippen molar-refractivity contribution in [1.82, 2.24) is 15.2 Å². The number of guanidine groups is 1. The van der Waals surface area contributed by atoms with E-state index < -0.39 is 0 Å². The van der Waals surface area contributed by atoms with Crippen molar-refractivity contribution in [2.24, 2.45) is 4.99 Å². The summed E-state index contributed by atoms with van der Waals surface area (Å²) in [5.41, 5.74) is 0. The summed E-state index contributed by atoms with van der Waals surface area (Å²) in [6.45, 7) is 5.02. The number of aromatic nitrogens is 1. The third-order valence-electron chi connectivity index (χ3n) is 3.07. The largest absolute Gasteiger partial charge is 0.472 e. The molecule has 1 aromatic rings. The van der Waals surface area contributed by atoms with Gasteiger partial charge in [0.05, 0.1) is 19.7 Å². The highest BCUT2D eigenvalue weighted by Crippen LogP contribution is 2.16. The first-order chi connectivity index (χ1) is 9.83. The van der Waals surface area contributed by atoms with Gasteiger partial charge in [0.25, 0.3) is 0 Å². The van der Waals surface area contributed by atoms with E-state index in [1.54, 1.807) is 6.20 Å². The van der Waals surface area contributed by atoms with Crippen LogP contribution in [0.3, 0.4) is 0 Å². The van der Waals surface area contributed by atoms with Crippen LogP contribution < -0.4 is 10.1 Å². The molecule has 6 heteroatoms. The summed E-state index contributed by atoms with van der Waals surface area (Å²) in [5.74, 6) is 1.50. The van der Waals surface area contributed by atoms with Crippen molar-refractivity contribution in [3.63, 3.8) is 0 Å². The SMILES string of the molecule is CCNC(=NCCO)N1CCC(Oc2ccccn2)C1. The standard InChI is InChI=1S/C14H22N4O2/c1-2-15-14(17-8-10-19)18-9-6-12(11-18)20-13-5-3-4-7-16-13/h3-5,7,12,19H,2,6,8-11H2,1H3,(H,15,17). The maximum absolute atomic E-state index is 8.89. The van der Waals surface area contributed by atoms with Crippen LogP contribution in [-0.4, -0.2) is 59.8 Å². The highest BCUT2D eigenvalue weighted by molar-refractivity contribution is 5.80. The maximum atomic E-state index is 8.89. The Kier molecular flexibility index (Phi) is 5.61. The van der Waals surface area contributed by atoms with Crippen molar-refractivity contribution in [2.75, 3.05) is 32.8 Å². The van der Waals surface area contributed by atoms with Gasteiger partial charge in [-0.2, -0.15) is 0 Å². The Morgan fingerprint density at radius 3 is 3.20 bits per heavy atom. The number of nitrogens with one attached hydrogen (secondary N) is 1. The minimum atomic E-state index is 0.0661. The summed E-state index contributed by atoms with van der Waals surface area (Å²) in [4.78, 5) is 10.7. The predicted molar refractivity (Wildman–Crippen MR) is 77.9 cm³/mol. The van der Waals surface area contributed by atoms with Gasteiger partial charge in [-0.3, -0.25) is 4.99 Å². The van der Waals surface area contributed by atoms with Crippen molar-refractivity contribution < 1.29 is 9.84 Å². The molecule has 1 atom stereocenters. The second-order valence-corrected chi connectivity index (χ2v) is 4.60. The van der Waals surface area contributed by atoms with E-state index in [4.69, 9.17) is 9.84 Å². The van der Waals surface area contributed by atoms with E-state index in [0.717, 1.165) is 32.0 Å². The van der Waals surface area contributed by atoms with E-state index in [0.29, 0.717) is 12.4 Å². The lowest BCUT2D eigenvalue weighted by Gasteiger charge is -2.21. The smallest absolute Gasteiger partial charge is 0.213 e. The van der Waals surface area contributed by atoms with Crippen LogP contribution in [0.25, 0.3) is 0 Å². The Labute approximate surface area is 119 Å². The zero-order valence-electron chi connectivity index (χ0n) is 11.8. The third kappa shape index (κ3) is 4.09. The molecular weight excluding hydrogens is 256 g/mol. The first-order valence-corrected chi connectivity index (χ1v) is 7.05. The molecule has 0 spiro atoms. The number of ether oxygens (including phenoxy) is 1. The van der Waals surface area contributed by atoms with Crippen LogP contribution in [0.4, 0.5) is 0 Å². The molecule has 2 N–H and O–H groups in total. The van der Waals surface area contributed by atoms with Crippen molar-refractivity contribution in [3.05, 3.63) is 24.4 Å². The topological polar surface area (TPSA) is 70.0 Å². The third-order valence-corrected chi connectivity index (χ3v) is 3.07. The number of likely N-dealkylation sites (tertiary alicyclic amines) is 1. The molecule has 1 aliphatic rings. The molecular formula is C14H22N4O2. The Bertz CT molecular complexity index is 424.